The number of methoxy groups -OCH3 is 1. The average molecular weight is 324 g/mol. The molecule has 2 aliphatic rings. The molecule has 0 radical (unpaired) electrons. The molecule has 3 atom stereocenters. The molecule has 0 saturated carbocycles. The third-order valence-corrected chi connectivity index (χ3v) is 5.40. The standard InChI is InChI=1S/C19H24N4O/c1-13-21-10-8-19(22-13)23-12-17(16-11-20-9-7-18(16)23)14-3-5-15(24-2)6-4-14/h3-6,8,10,16-18,20H,7,9,11-12H2,1-2H3/t16-,17-,18-/m1/s1. The minimum absolute atomic E-state index is 0.518. The molecule has 2 saturated heterocycles. The Morgan fingerprint density at radius 1 is 1.21 bits per heavy atom. The van der Waals surface area contributed by atoms with Gasteiger partial charge >= 0.3 is 0 Å². The van der Waals surface area contributed by atoms with Crippen LogP contribution in [0.4, 0.5) is 5.82 Å². The van der Waals surface area contributed by atoms with E-state index in [4.69, 9.17) is 4.74 Å². The molecule has 126 valence electrons. The first-order chi connectivity index (χ1) is 11.8. The van der Waals surface area contributed by atoms with Crippen molar-refractivity contribution < 1.29 is 4.74 Å². The fourth-order valence-electron chi connectivity index (χ4n) is 4.22. The van der Waals surface area contributed by atoms with E-state index in [1.54, 1.807) is 7.11 Å². The van der Waals surface area contributed by atoms with E-state index in [1.165, 1.54) is 12.0 Å². The Morgan fingerprint density at radius 2 is 2.04 bits per heavy atom. The van der Waals surface area contributed by atoms with Crippen LogP contribution in [0.3, 0.4) is 0 Å². The molecule has 5 heteroatoms. The fraction of sp³-hybridized carbons (Fsp3) is 0.474. The van der Waals surface area contributed by atoms with Crippen LogP contribution in [-0.4, -0.2) is 42.8 Å². The number of hydrogen-bond donors (Lipinski definition) is 1. The fourth-order valence-corrected chi connectivity index (χ4v) is 4.22. The molecule has 0 aliphatic carbocycles. The van der Waals surface area contributed by atoms with Gasteiger partial charge in [-0.05, 0) is 43.7 Å². The van der Waals surface area contributed by atoms with Crippen molar-refractivity contribution in [3.8, 4) is 5.75 Å². The number of benzene rings is 1. The molecule has 0 spiro atoms. The van der Waals surface area contributed by atoms with Crippen LogP contribution in [0.1, 0.15) is 23.7 Å². The summed E-state index contributed by atoms with van der Waals surface area (Å²) in [6.07, 6.45) is 3.04. The Hall–Kier alpha value is -2.14. The van der Waals surface area contributed by atoms with Gasteiger partial charge in [0.15, 0.2) is 0 Å². The average Bonchev–Trinajstić information content (AvgIpc) is 3.01. The number of hydrogen-bond acceptors (Lipinski definition) is 5. The van der Waals surface area contributed by atoms with E-state index in [2.05, 4.69) is 44.5 Å². The van der Waals surface area contributed by atoms with Crippen molar-refractivity contribution >= 4 is 5.82 Å². The molecule has 24 heavy (non-hydrogen) atoms. The van der Waals surface area contributed by atoms with Crippen LogP contribution in [0.15, 0.2) is 36.5 Å². The van der Waals surface area contributed by atoms with Gasteiger partial charge in [-0.2, -0.15) is 0 Å². The smallest absolute Gasteiger partial charge is 0.132 e. The first-order valence-corrected chi connectivity index (χ1v) is 8.67. The zero-order valence-corrected chi connectivity index (χ0v) is 14.3. The Bertz CT molecular complexity index is 703. The van der Waals surface area contributed by atoms with Crippen LogP contribution in [0.2, 0.25) is 0 Å². The molecule has 2 aliphatic heterocycles. The van der Waals surface area contributed by atoms with Gasteiger partial charge in [-0.15, -0.1) is 0 Å². The molecule has 0 amide bonds. The summed E-state index contributed by atoms with van der Waals surface area (Å²) >= 11 is 0. The predicted octanol–water partition coefficient (Wildman–Crippen LogP) is 2.38. The van der Waals surface area contributed by atoms with Crippen LogP contribution in [0.25, 0.3) is 0 Å². The SMILES string of the molecule is COc1ccc([C@H]2CN(c3ccnc(C)n3)[C@@H]3CCNC[C@H]23)cc1. The predicted molar refractivity (Wildman–Crippen MR) is 94.6 cm³/mol. The quantitative estimate of drug-likeness (QED) is 0.939. The Morgan fingerprint density at radius 3 is 2.79 bits per heavy atom. The highest BCUT2D eigenvalue weighted by molar-refractivity contribution is 5.45. The second-order valence-electron chi connectivity index (χ2n) is 6.72. The summed E-state index contributed by atoms with van der Waals surface area (Å²) in [7, 11) is 1.71. The largest absolute Gasteiger partial charge is 0.497 e. The van der Waals surface area contributed by atoms with E-state index in [-0.39, 0.29) is 0 Å². The number of nitrogens with zero attached hydrogens (tertiary/aromatic N) is 3. The molecular weight excluding hydrogens is 300 g/mol. The normalized spacial score (nSPS) is 26.2. The lowest BCUT2D eigenvalue weighted by Gasteiger charge is -2.33. The molecule has 3 heterocycles. The minimum Gasteiger partial charge on any atom is -0.497 e. The van der Waals surface area contributed by atoms with Gasteiger partial charge in [0.05, 0.1) is 7.11 Å². The topological polar surface area (TPSA) is 50.3 Å². The highest BCUT2D eigenvalue weighted by Gasteiger charge is 2.43. The van der Waals surface area contributed by atoms with Crippen LogP contribution in [0.5, 0.6) is 5.75 Å². The maximum absolute atomic E-state index is 5.30. The van der Waals surface area contributed by atoms with Gasteiger partial charge in [0.25, 0.3) is 0 Å². The molecule has 0 unspecified atom stereocenters. The summed E-state index contributed by atoms with van der Waals surface area (Å²) in [5, 5.41) is 3.58. The Kier molecular flexibility index (Phi) is 4.10. The van der Waals surface area contributed by atoms with E-state index in [1.807, 2.05) is 19.2 Å². The highest BCUT2D eigenvalue weighted by atomic mass is 16.5. The van der Waals surface area contributed by atoms with Crippen molar-refractivity contribution in [3.05, 3.63) is 47.9 Å². The minimum atomic E-state index is 0.518. The van der Waals surface area contributed by atoms with E-state index in [0.717, 1.165) is 37.0 Å². The van der Waals surface area contributed by atoms with Crippen LogP contribution >= 0.6 is 0 Å². The van der Waals surface area contributed by atoms with Crippen molar-refractivity contribution in [3.63, 3.8) is 0 Å². The molecule has 5 nitrogen and oxygen atoms in total. The van der Waals surface area contributed by atoms with Crippen LogP contribution in [0, 0.1) is 12.8 Å². The van der Waals surface area contributed by atoms with E-state index in [9.17, 15) is 0 Å². The number of aromatic nitrogens is 2. The second kappa shape index (κ2) is 6.40. The van der Waals surface area contributed by atoms with Gasteiger partial charge in [-0.1, -0.05) is 12.1 Å². The van der Waals surface area contributed by atoms with Crippen molar-refractivity contribution in [2.75, 3.05) is 31.6 Å². The van der Waals surface area contributed by atoms with E-state index >= 15 is 0 Å². The van der Waals surface area contributed by atoms with Crippen molar-refractivity contribution in [2.45, 2.75) is 25.3 Å². The van der Waals surface area contributed by atoms with Gasteiger partial charge < -0.3 is 15.0 Å². The lowest BCUT2D eigenvalue weighted by molar-refractivity contribution is 0.338. The zero-order valence-electron chi connectivity index (χ0n) is 14.3. The third kappa shape index (κ3) is 2.73. The number of piperidine rings is 1. The molecular formula is C19H24N4O. The third-order valence-electron chi connectivity index (χ3n) is 5.40. The molecule has 2 fully saturated rings. The monoisotopic (exact) mass is 324 g/mol. The van der Waals surface area contributed by atoms with Gasteiger partial charge in [-0.25, -0.2) is 9.97 Å². The van der Waals surface area contributed by atoms with Crippen molar-refractivity contribution in [1.29, 1.82) is 0 Å². The number of ether oxygens (including phenoxy) is 1. The summed E-state index contributed by atoms with van der Waals surface area (Å²) in [5.74, 6) is 3.95. The van der Waals surface area contributed by atoms with Crippen molar-refractivity contribution in [1.82, 2.24) is 15.3 Å². The lowest BCUT2D eigenvalue weighted by Crippen LogP contribution is -2.44. The molecule has 2 aromatic rings. The number of aryl methyl sites for hydroxylation is 1. The summed E-state index contributed by atoms with van der Waals surface area (Å²) in [5.41, 5.74) is 1.39. The summed E-state index contributed by atoms with van der Waals surface area (Å²) in [6, 6.07) is 11.2. The van der Waals surface area contributed by atoms with E-state index < -0.39 is 0 Å². The zero-order chi connectivity index (χ0) is 16.5. The Balaban J connectivity index is 1.65. The summed E-state index contributed by atoms with van der Waals surface area (Å²) in [6.45, 7) is 5.12. The first-order valence-electron chi connectivity index (χ1n) is 8.67. The second-order valence-corrected chi connectivity index (χ2v) is 6.72. The summed E-state index contributed by atoms with van der Waals surface area (Å²) < 4.78 is 5.30. The summed E-state index contributed by atoms with van der Waals surface area (Å²) in [4.78, 5) is 11.4. The van der Waals surface area contributed by atoms with Gasteiger partial charge in [0.2, 0.25) is 0 Å². The van der Waals surface area contributed by atoms with Gasteiger partial charge in [0, 0.05) is 37.2 Å². The lowest BCUT2D eigenvalue weighted by atomic mass is 9.82. The van der Waals surface area contributed by atoms with Gasteiger partial charge in [-0.3, -0.25) is 0 Å². The molecule has 1 aromatic carbocycles. The van der Waals surface area contributed by atoms with Gasteiger partial charge in [0.1, 0.15) is 17.4 Å². The molecule has 1 N–H and O–H groups in total. The molecule has 0 bridgehead atoms. The van der Waals surface area contributed by atoms with E-state index in [0.29, 0.717) is 17.9 Å². The highest BCUT2D eigenvalue weighted by Crippen LogP contribution is 2.41. The van der Waals surface area contributed by atoms with Crippen molar-refractivity contribution in [2.24, 2.45) is 5.92 Å². The number of rotatable bonds is 3. The molecule has 1 aromatic heterocycles. The maximum Gasteiger partial charge on any atom is 0.132 e. The van der Waals surface area contributed by atoms with Crippen LogP contribution < -0.4 is 15.0 Å². The molecule has 4 rings (SSSR count). The first kappa shape index (κ1) is 15.4. The number of anilines is 1. The maximum atomic E-state index is 5.30. The number of fused-ring (bicyclic) bond motifs is 1. The van der Waals surface area contributed by atoms with Crippen LogP contribution in [-0.2, 0) is 0 Å². The number of nitrogens with one attached hydrogen (secondary N) is 1. The Labute approximate surface area is 143 Å².